The van der Waals surface area contributed by atoms with Crippen molar-refractivity contribution in [2.45, 2.75) is 25.7 Å². The molecule has 3 atom stereocenters. The monoisotopic (exact) mass is 253 g/mol. The summed E-state index contributed by atoms with van der Waals surface area (Å²) in [5.41, 5.74) is 0. The molecule has 0 spiro atoms. The van der Waals surface area contributed by atoms with E-state index in [0.29, 0.717) is 0 Å². The zero-order valence-corrected chi connectivity index (χ0v) is 11.0. The zero-order valence-electron chi connectivity index (χ0n) is 11.0. The van der Waals surface area contributed by atoms with Gasteiger partial charge in [0, 0.05) is 17.3 Å². The molecular formula is C16H19N3. The Labute approximate surface area is 113 Å². The number of hydrogen-bond acceptors (Lipinski definition) is 3. The third kappa shape index (κ3) is 1.97. The van der Waals surface area contributed by atoms with E-state index in [1.54, 1.807) is 0 Å². The van der Waals surface area contributed by atoms with Gasteiger partial charge >= 0.3 is 0 Å². The van der Waals surface area contributed by atoms with Crippen LogP contribution in [0.25, 0.3) is 10.8 Å². The summed E-state index contributed by atoms with van der Waals surface area (Å²) in [5.74, 6) is 3.76. The fourth-order valence-corrected chi connectivity index (χ4v) is 4.01. The van der Waals surface area contributed by atoms with Crippen LogP contribution in [0.1, 0.15) is 25.7 Å². The predicted octanol–water partition coefficient (Wildman–Crippen LogP) is 3.48. The van der Waals surface area contributed by atoms with Crippen molar-refractivity contribution in [3.05, 3.63) is 30.5 Å². The number of nitrogens with one attached hydrogen (secondary N) is 1. The molecule has 1 aromatic heterocycles. The lowest BCUT2D eigenvalue weighted by Gasteiger charge is -2.22. The van der Waals surface area contributed by atoms with Gasteiger partial charge in [-0.3, -0.25) is 0 Å². The molecule has 0 radical (unpaired) electrons. The van der Waals surface area contributed by atoms with Crippen molar-refractivity contribution in [1.82, 2.24) is 10.2 Å². The summed E-state index contributed by atoms with van der Waals surface area (Å²) in [6, 6.07) is 8.32. The van der Waals surface area contributed by atoms with E-state index in [0.717, 1.165) is 35.5 Å². The van der Waals surface area contributed by atoms with E-state index in [-0.39, 0.29) is 0 Å². The summed E-state index contributed by atoms with van der Waals surface area (Å²) in [6.07, 6.45) is 7.62. The fourth-order valence-electron chi connectivity index (χ4n) is 4.01. The second-order valence-corrected chi connectivity index (χ2v) is 6.10. The van der Waals surface area contributed by atoms with E-state index in [9.17, 15) is 0 Å². The number of fused-ring (bicyclic) bond motifs is 3. The van der Waals surface area contributed by atoms with Crippen LogP contribution in [0.4, 0.5) is 5.82 Å². The van der Waals surface area contributed by atoms with Crippen molar-refractivity contribution in [3.8, 4) is 0 Å². The number of nitrogens with zero attached hydrogens (tertiary/aromatic N) is 2. The van der Waals surface area contributed by atoms with Crippen LogP contribution in [0.5, 0.6) is 0 Å². The van der Waals surface area contributed by atoms with Gasteiger partial charge in [-0.2, -0.15) is 5.10 Å². The molecule has 4 rings (SSSR count). The highest BCUT2D eigenvalue weighted by molar-refractivity contribution is 5.90. The van der Waals surface area contributed by atoms with Crippen LogP contribution < -0.4 is 5.32 Å². The van der Waals surface area contributed by atoms with Crippen molar-refractivity contribution >= 4 is 16.6 Å². The van der Waals surface area contributed by atoms with Gasteiger partial charge in [0.15, 0.2) is 5.82 Å². The van der Waals surface area contributed by atoms with Crippen molar-refractivity contribution in [1.29, 1.82) is 0 Å². The first kappa shape index (κ1) is 11.2. The first-order valence-corrected chi connectivity index (χ1v) is 7.34. The lowest BCUT2D eigenvalue weighted by Crippen LogP contribution is -2.20. The lowest BCUT2D eigenvalue weighted by molar-refractivity contribution is 0.348. The maximum Gasteiger partial charge on any atom is 0.156 e. The van der Waals surface area contributed by atoms with Gasteiger partial charge in [-0.15, -0.1) is 5.10 Å². The highest BCUT2D eigenvalue weighted by atomic mass is 15.2. The molecule has 0 amide bonds. The third-order valence-corrected chi connectivity index (χ3v) is 4.99. The molecule has 2 aliphatic rings. The maximum absolute atomic E-state index is 4.27. The van der Waals surface area contributed by atoms with Gasteiger partial charge in [-0.25, -0.2) is 0 Å². The Morgan fingerprint density at radius 3 is 2.95 bits per heavy atom. The van der Waals surface area contributed by atoms with Gasteiger partial charge in [-0.05, 0) is 37.0 Å². The van der Waals surface area contributed by atoms with E-state index in [4.69, 9.17) is 0 Å². The molecule has 98 valence electrons. The molecule has 1 heterocycles. The molecule has 2 aromatic rings. The summed E-state index contributed by atoms with van der Waals surface area (Å²) >= 11 is 0. The summed E-state index contributed by atoms with van der Waals surface area (Å²) in [4.78, 5) is 0. The number of aromatic nitrogens is 2. The van der Waals surface area contributed by atoms with E-state index in [2.05, 4.69) is 33.7 Å². The summed E-state index contributed by atoms with van der Waals surface area (Å²) in [6.45, 7) is 1.06. The molecule has 3 heteroatoms. The molecule has 2 saturated carbocycles. The lowest BCUT2D eigenvalue weighted by atomic mass is 9.89. The average molecular weight is 253 g/mol. The largest absolute Gasteiger partial charge is 0.368 e. The molecule has 2 bridgehead atoms. The van der Waals surface area contributed by atoms with Gasteiger partial charge in [0.1, 0.15) is 0 Å². The highest BCUT2D eigenvalue weighted by Crippen LogP contribution is 2.48. The van der Waals surface area contributed by atoms with E-state index in [1.165, 1.54) is 31.1 Å². The second-order valence-electron chi connectivity index (χ2n) is 6.10. The van der Waals surface area contributed by atoms with Crippen LogP contribution in [0.15, 0.2) is 30.5 Å². The second kappa shape index (κ2) is 4.48. The summed E-state index contributed by atoms with van der Waals surface area (Å²) < 4.78 is 0. The minimum Gasteiger partial charge on any atom is -0.368 e. The maximum atomic E-state index is 4.27. The first-order chi connectivity index (χ1) is 9.40. The molecule has 3 nitrogen and oxygen atoms in total. The Morgan fingerprint density at radius 2 is 2.11 bits per heavy atom. The number of benzene rings is 1. The van der Waals surface area contributed by atoms with Crippen molar-refractivity contribution in [2.24, 2.45) is 17.8 Å². The Balaban J connectivity index is 1.52. The SMILES string of the molecule is c1ccc2c(NCC3CC4CCC3C4)nncc2c1. The predicted molar refractivity (Wildman–Crippen MR) is 77.0 cm³/mol. The van der Waals surface area contributed by atoms with E-state index < -0.39 is 0 Å². The summed E-state index contributed by atoms with van der Waals surface area (Å²) in [7, 11) is 0. The average Bonchev–Trinajstić information content (AvgIpc) is 3.07. The van der Waals surface area contributed by atoms with Crippen LogP contribution in [0.2, 0.25) is 0 Å². The number of anilines is 1. The smallest absolute Gasteiger partial charge is 0.156 e. The Hall–Kier alpha value is -1.64. The molecule has 3 unspecified atom stereocenters. The van der Waals surface area contributed by atoms with Gasteiger partial charge < -0.3 is 5.32 Å². The highest BCUT2D eigenvalue weighted by Gasteiger charge is 2.39. The molecule has 1 aromatic carbocycles. The minimum absolute atomic E-state index is 0.847. The van der Waals surface area contributed by atoms with Crippen LogP contribution in [-0.2, 0) is 0 Å². The fraction of sp³-hybridized carbons (Fsp3) is 0.500. The quantitative estimate of drug-likeness (QED) is 0.910. The molecular weight excluding hydrogens is 234 g/mol. The molecule has 0 saturated heterocycles. The number of hydrogen-bond donors (Lipinski definition) is 1. The van der Waals surface area contributed by atoms with Crippen LogP contribution in [-0.4, -0.2) is 16.7 Å². The summed E-state index contributed by atoms with van der Waals surface area (Å²) in [5, 5.41) is 14.2. The zero-order chi connectivity index (χ0) is 12.7. The van der Waals surface area contributed by atoms with Gasteiger partial charge in [0.25, 0.3) is 0 Å². The van der Waals surface area contributed by atoms with Gasteiger partial charge in [0.2, 0.25) is 0 Å². The van der Waals surface area contributed by atoms with Gasteiger partial charge in [0.05, 0.1) is 6.20 Å². The third-order valence-electron chi connectivity index (χ3n) is 4.99. The molecule has 2 fully saturated rings. The molecule has 0 aliphatic heterocycles. The Morgan fingerprint density at radius 1 is 1.16 bits per heavy atom. The van der Waals surface area contributed by atoms with Crippen LogP contribution in [0, 0.1) is 17.8 Å². The van der Waals surface area contributed by atoms with Crippen molar-refractivity contribution in [2.75, 3.05) is 11.9 Å². The Kier molecular flexibility index (Phi) is 2.64. The molecule has 19 heavy (non-hydrogen) atoms. The van der Waals surface area contributed by atoms with E-state index >= 15 is 0 Å². The molecule has 2 aliphatic carbocycles. The topological polar surface area (TPSA) is 37.8 Å². The normalized spacial score (nSPS) is 28.9. The minimum atomic E-state index is 0.847. The van der Waals surface area contributed by atoms with Crippen molar-refractivity contribution in [3.63, 3.8) is 0 Å². The van der Waals surface area contributed by atoms with Crippen LogP contribution in [0.3, 0.4) is 0 Å². The standard InChI is InChI=1S/C16H19N3/c1-2-4-15-13(3-1)10-18-19-16(15)17-9-14-8-11-5-6-12(14)7-11/h1-4,10-12,14H,5-9H2,(H,17,19). The van der Waals surface area contributed by atoms with Crippen molar-refractivity contribution < 1.29 is 0 Å². The first-order valence-electron chi connectivity index (χ1n) is 7.34. The number of rotatable bonds is 3. The Bertz CT molecular complexity index is 590. The van der Waals surface area contributed by atoms with Gasteiger partial charge in [-0.1, -0.05) is 30.7 Å². The molecule has 1 N–H and O–H groups in total. The van der Waals surface area contributed by atoms with Crippen LogP contribution >= 0.6 is 0 Å². The van der Waals surface area contributed by atoms with E-state index in [1.807, 2.05) is 12.3 Å².